The fraction of sp³-hybridized carbons (Fsp3) is 0.611. The second-order valence-corrected chi connectivity index (χ2v) is 6.87. The van der Waals surface area contributed by atoms with Gasteiger partial charge in [0.05, 0.1) is 12.2 Å². The van der Waals surface area contributed by atoms with Crippen LogP contribution in [0.1, 0.15) is 30.1 Å². The number of aromatic amines is 1. The molecule has 0 unspecified atom stereocenters. The molecule has 1 aromatic heterocycles. The highest BCUT2D eigenvalue weighted by molar-refractivity contribution is 5.96. The Balaban J connectivity index is 1.59. The Labute approximate surface area is 157 Å². The molecule has 0 aliphatic carbocycles. The summed E-state index contributed by atoms with van der Waals surface area (Å²) < 4.78 is 5.05. The highest BCUT2D eigenvalue weighted by atomic mass is 16.6. The molecule has 0 radical (unpaired) electrons. The molecule has 3 heterocycles. The van der Waals surface area contributed by atoms with E-state index in [0.29, 0.717) is 32.8 Å². The average molecular weight is 378 g/mol. The largest absolute Gasteiger partial charge is 0.507 e. The van der Waals surface area contributed by atoms with Gasteiger partial charge in [0.1, 0.15) is 5.75 Å². The number of aromatic hydroxyl groups is 1. The first-order chi connectivity index (χ1) is 13.0. The lowest BCUT2D eigenvalue weighted by Gasteiger charge is -2.43. The van der Waals surface area contributed by atoms with Gasteiger partial charge in [-0.05, 0) is 19.8 Å². The third-order valence-electron chi connectivity index (χ3n) is 5.17. The number of ether oxygens (including phenoxy) is 1. The molecule has 3 rings (SSSR count). The zero-order valence-electron chi connectivity index (χ0n) is 15.5. The Morgan fingerprint density at radius 2 is 1.96 bits per heavy atom. The Hall–Kier alpha value is -2.55. The predicted octanol–water partition coefficient (Wildman–Crippen LogP) is 0.459. The van der Waals surface area contributed by atoms with Crippen molar-refractivity contribution in [3.05, 3.63) is 28.2 Å². The van der Waals surface area contributed by atoms with Gasteiger partial charge in [0.2, 0.25) is 0 Å². The van der Waals surface area contributed by atoms with E-state index in [9.17, 15) is 19.5 Å². The van der Waals surface area contributed by atoms with Crippen LogP contribution in [0.3, 0.4) is 0 Å². The smallest absolute Gasteiger partial charge is 0.409 e. The van der Waals surface area contributed by atoms with Crippen LogP contribution in [-0.4, -0.2) is 88.7 Å². The van der Waals surface area contributed by atoms with Crippen LogP contribution in [-0.2, 0) is 4.74 Å². The molecule has 0 spiro atoms. The molecule has 27 heavy (non-hydrogen) atoms. The highest BCUT2D eigenvalue weighted by Gasteiger charge is 2.32. The number of piperazine rings is 1. The predicted molar refractivity (Wildman–Crippen MR) is 97.8 cm³/mol. The molecule has 9 heteroatoms. The fourth-order valence-electron chi connectivity index (χ4n) is 3.72. The van der Waals surface area contributed by atoms with Gasteiger partial charge in [0, 0.05) is 57.6 Å². The Morgan fingerprint density at radius 3 is 2.63 bits per heavy atom. The van der Waals surface area contributed by atoms with E-state index in [0.717, 1.165) is 32.0 Å². The summed E-state index contributed by atoms with van der Waals surface area (Å²) in [7, 11) is 0. The van der Waals surface area contributed by atoms with Crippen molar-refractivity contribution in [2.45, 2.75) is 25.8 Å². The summed E-state index contributed by atoms with van der Waals surface area (Å²) in [5, 5.41) is 9.90. The van der Waals surface area contributed by atoms with E-state index < -0.39 is 5.56 Å². The van der Waals surface area contributed by atoms with Crippen LogP contribution in [0.25, 0.3) is 0 Å². The number of likely N-dealkylation sites (tertiary alicyclic amines) is 1. The van der Waals surface area contributed by atoms with Crippen LogP contribution in [0, 0.1) is 0 Å². The number of hydrogen-bond donors (Lipinski definition) is 2. The van der Waals surface area contributed by atoms with Gasteiger partial charge in [-0.3, -0.25) is 14.5 Å². The minimum Gasteiger partial charge on any atom is -0.507 e. The lowest BCUT2D eigenvalue weighted by atomic mass is 10.0. The first-order valence-corrected chi connectivity index (χ1v) is 9.36. The molecule has 2 aliphatic heterocycles. The molecule has 2 amide bonds. The van der Waals surface area contributed by atoms with Crippen LogP contribution in [0.2, 0.25) is 0 Å². The molecular formula is C18H26N4O5. The maximum absolute atomic E-state index is 12.7. The minimum atomic E-state index is -0.444. The molecule has 1 aromatic rings. The van der Waals surface area contributed by atoms with Gasteiger partial charge in [-0.2, -0.15) is 0 Å². The maximum atomic E-state index is 12.7. The monoisotopic (exact) mass is 378 g/mol. The molecule has 2 N–H and O–H groups in total. The van der Waals surface area contributed by atoms with Gasteiger partial charge in [-0.25, -0.2) is 4.79 Å². The summed E-state index contributed by atoms with van der Waals surface area (Å²) in [6.45, 7) is 6.07. The quantitative estimate of drug-likeness (QED) is 0.792. The van der Waals surface area contributed by atoms with Crippen LogP contribution in [0.15, 0.2) is 17.1 Å². The number of rotatable bonds is 3. The Kier molecular flexibility index (Phi) is 6.00. The second-order valence-electron chi connectivity index (χ2n) is 6.87. The van der Waals surface area contributed by atoms with Crippen molar-refractivity contribution < 1.29 is 19.4 Å². The number of carbonyl (C=O) groups excluding carboxylic acids is 2. The van der Waals surface area contributed by atoms with E-state index in [-0.39, 0.29) is 29.4 Å². The van der Waals surface area contributed by atoms with E-state index in [2.05, 4.69) is 9.88 Å². The zero-order valence-corrected chi connectivity index (χ0v) is 15.5. The van der Waals surface area contributed by atoms with Crippen LogP contribution in [0.4, 0.5) is 4.79 Å². The molecule has 2 saturated heterocycles. The molecule has 0 bridgehead atoms. The molecule has 148 valence electrons. The van der Waals surface area contributed by atoms with Crippen molar-refractivity contribution in [2.24, 2.45) is 0 Å². The molecule has 2 aliphatic rings. The fourth-order valence-corrected chi connectivity index (χ4v) is 3.72. The number of nitrogens with one attached hydrogen (secondary N) is 1. The van der Waals surface area contributed by atoms with Gasteiger partial charge in [-0.15, -0.1) is 0 Å². The van der Waals surface area contributed by atoms with Gasteiger partial charge in [-0.1, -0.05) is 0 Å². The average Bonchev–Trinajstić information content (AvgIpc) is 2.68. The van der Waals surface area contributed by atoms with Crippen molar-refractivity contribution in [1.82, 2.24) is 19.7 Å². The van der Waals surface area contributed by atoms with Crippen LogP contribution < -0.4 is 5.56 Å². The summed E-state index contributed by atoms with van der Waals surface area (Å²) in [5.74, 6) is -0.576. The van der Waals surface area contributed by atoms with E-state index in [1.807, 2.05) is 0 Å². The van der Waals surface area contributed by atoms with Crippen LogP contribution in [0.5, 0.6) is 5.75 Å². The number of H-pyrrole nitrogens is 1. The normalized spacial score (nSPS) is 21.1. The van der Waals surface area contributed by atoms with E-state index in [1.54, 1.807) is 16.7 Å². The van der Waals surface area contributed by atoms with Crippen molar-refractivity contribution in [1.29, 1.82) is 0 Å². The number of hydrogen-bond acceptors (Lipinski definition) is 6. The van der Waals surface area contributed by atoms with Crippen LogP contribution >= 0.6 is 0 Å². The number of piperidine rings is 1. The third-order valence-corrected chi connectivity index (χ3v) is 5.17. The van der Waals surface area contributed by atoms with Crippen molar-refractivity contribution >= 4 is 12.0 Å². The molecule has 0 saturated carbocycles. The molecule has 2 fully saturated rings. The van der Waals surface area contributed by atoms with Gasteiger partial charge >= 0.3 is 6.09 Å². The van der Waals surface area contributed by atoms with Gasteiger partial charge < -0.3 is 24.6 Å². The summed E-state index contributed by atoms with van der Waals surface area (Å²) >= 11 is 0. The molecule has 0 aromatic carbocycles. The first-order valence-electron chi connectivity index (χ1n) is 9.36. The first kappa shape index (κ1) is 19.2. The molecular weight excluding hydrogens is 352 g/mol. The number of aromatic nitrogens is 1. The second kappa shape index (κ2) is 8.43. The third kappa shape index (κ3) is 4.41. The SMILES string of the molecule is CCOC(=O)N1CCN([C@H]2CCCN(C(=O)c3c[nH]c(=O)cc3O)C2)CC1. The van der Waals surface area contributed by atoms with E-state index in [1.165, 1.54) is 6.20 Å². The van der Waals surface area contributed by atoms with Gasteiger partial charge in [0.25, 0.3) is 11.5 Å². The van der Waals surface area contributed by atoms with Crippen molar-refractivity contribution in [2.75, 3.05) is 45.9 Å². The lowest BCUT2D eigenvalue weighted by molar-refractivity contribution is 0.0376. The molecule has 1 atom stereocenters. The lowest BCUT2D eigenvalue weighted by Crippen LogP contribution is -2.56. The summed E-state index contributed by atoms with van der Waals surface area (Å²) in [6.07, 6.45) is 2.85. The standard InChI is InChI=1S/C18H26N4O5/c1-2-27-18(26)21-8-6-20(7-9-21)13-4-3-5-22(12-13)17(25)14-11-19-16(24)10-15(14)23/h10-11,13H,2-9,12H2,1H3,(H2,19,23,24)/t13-/m0/s1. The Morgan fingerprint density at radius 1 is 1.22 bits per heavy atom. The summed E-state index contributed by atoms with van der Waals surface area (Å²) in [5.41, 5.74) is -0.331. The zero-order chi connectivity index (χ0) is 19.4. The summed E-state index contributed by atoms with van der Waals surface area (Å²) in [6, 6.07) is 1.24. The number of carbonyl (C=O) groups is 2. The van der Waals surface area contributed by atoms with Crippen molar-refractivity contribution in [3.63, 3.8) is 0 Å². The number of pyridine rings is 1. The topological polar surface area (TPSA) is 106 Å². The summed E-state index contributed by atoms with van der Waals surface area (Å²) in [4.78, 5) is 44.0. The Bertz CT molecular complexity index is 742. The minimum absolute atomic E-state index is 0.113. The number of nitrogens with zero attached hydrogens (tertiary/aromatic N) is 3. The number of amides is 2. The molecule has 9 nitrogen and oxygen atoms in total. The maximum Gasteiger partial charge on any atom is 0.409 e. The van der Waals surface area contributed by atoms with Crippen molar-refractivity contribution in [3.8, 4) is 5.75 Å². The van der Waals surface area contributed by atoms with E-state index >= 15 is 0 Å². The van der Waals surface area contributed by atoms with Gasteiger partial charge in [0.15, 0.2) is 0 Å². The highest BCUT2D eigenvalue weighted by Crippen LogP contribution is 2.22. The van der Waals surface area contributed by atoms with E-state index in [4.69, 9.17) is 4.74 Å².